The summed E-state index contributed by atoms with van der Waals surface area (Å²) >= 11 is 3.57. The van der Waals surface area contributed by atoms with Crippen molar-refractivity contribution >= 4 is 15.9 Å². The largest absolute Gasteiger partial charge is 0.311 e. The number of hydrogen-bond donors (Lipinski definition) is 1. The lowest BCUT2D eigenvalue weighted by Crippen LogP contribution is -2.29. The molecule has 1 saturated heterocycles. The Balaban J connectivity index is 1.79. The summed E-state index contributed by atoms with van der Waals surface area (Å²) in [4.78, 5) is 0. The maximum atomic E-state index is 3.77. The number of hydrogen-bond acceptors (Lipinski definition) is 1. The van der Waals surface area contributed by atoms with E-state index in [0.717, 1.165) is 12.0 Å². The zero-order chi connectivity index (χ0) is 11.1. The highest BCUT2D eigenvalue weighted by Crippen LogP contribution is 2.42. The van der Waals surface area contributed by atoms with Crippen LogP contribution >= 0.6 is 15.9 Å². The second kappa shape index (κ2) is 4.15. The minimum Gasteiger partial charge on any atom is -0.311 e. The smallest absolute Gasteiger partial charge is 0.0178 e. The molecule has 86 valence electrons. The molecule has 3 rings (SSSR count). The molecule has 0 radical (unpaired) electrons. The lowest BCUT2D eigenvalue weighted by molar-refractivity contribution is 0.509. The molecule has 3 atom stereocenters. The Labute approximate surface area is 106 Å². The zero-order valence-electron chi connectivity index (χ0n) is 9.62. The van der Waals surface area contributed by atoms with Crippen LogP contribution in [-0.2, 0) is 0 Å². The van der Waals surface area contributed by atoms with Gasteiger partial charge in [-0.1, -0.05) is 28.1 Å². The summed E-state index contributed by atoms with van der Waals surface area (Å²) in [5, 5.41) is 3.77. The molecule has 1 aliphatic heterocycles. The lowest BCUT2D eigenvalue weighted by atomic mass is 9.91. The van der Waals surface area contributed by atoms with E-state index in [1.54, 1.807) is 0 Å². The minimum absolute atomic E-state index is 0.625. The molecule has 2 heteroatoms. The fourth-order valence-electron chi connectivity index (χ4n) is 2.99. The summed E-state index contributed by atoms with van der Waals surface area (Å²) in [6, 6.07) is 10.2. The van der Waals surface area contributed by atoms with Crippen LogP contribution in [0.1, 0.15) is 37.7 Å². The van der Waals surface area contributed by atoms with Crippen molar-refractivity contribution in [2.24, 2.45) is 5.92 Å². The summed E-state index contributed by atoms with van der Waals surface area (Å²) in [6.45, 7) is 2.33. The Kier molecular flexibility index (Phi) is 2.80. The van der Waals surface area contributed by atoms with Gasteiger partial charge in [-0.05, 0) is 49.8 Å². The number of rotatable bonds is 2. The average Bonchev–Trinajstić information content (AvgIpc) is 3.02. The molecule has 0 spiro atoms. The molecule has 1 saturated carbocycles. The van der Waals surface area contributed by atoms with E-state index >= 15 is 0 Å². The summed E-state index contributed by atoms with van der Waals surface area (Å²) in [7, 11) is 0. The molecule has 0 aromatic heterocycles. The molecule has 1 heterocycles. The predicted octanol–water partition coefficient (Wildman–Crippen LogP) is 3.69. The third-order valence-corrected chi connectivity index (χ3v) is 4.55. The van der Waals surface area contributed by atoms with E-state index in [1.807, 2.05) is 0 Å². The van der Waals surface area contributed by atoms with Crippen molar-refractivity contribution in [2.45, 2.75) is 44.2 Å². The Morgan fingerprint density at radius 1 is 1.31 bits per heavy atom. The van der Waals surface area contributed by atoms with E-state index in [0.29, 0.717) is 12.0 Å². The predicted molar refractivity (Wildman–Crippen MR) is 70.6 cm³/mol. The molecule has 2 fully saturated rings. The van der Waals surface area contributed by atoms with Crippen molar-refractivity contribution < 1.29 is 0 Å². The quantitative estimate of drug-likeness (QED) is 0.871. The SMILES string of the molecule is CC1NC(C2CC2)CC1c1cccc(Br)c1. The Hall–Kier alpha value is -0.340. The second-order valence-corrected chi connectivity index (χ2v) is 6.21. The Morgan fingerprint density at radius 2 is 2.12 bits per heavy atom. The van der Waals surface area contributed by atoms with Crippen molar-refractivity contribution in [3.63, 3.8) is 0 Å². The standard InChI is InChI=1S/C14H18BrN/c1-9-13(8-14(16-9)10-5-6-10)11-3-2-4-12(15)7-11/h2-4,7,9-10,13-14,16H,5-6,8H2,1H3. The first-order valence-corrected chi connectivity index (χ1v) is 7.05. The van der Waals surface area contributed by atoms with Gasteiger partial charge >= 0.3 is 0 Å². The van der Waals surface area contributed by atoms with E-state index in [2.05, 4.69) is 52.4 Å². The van der Waals surface area contributed by atoms with Crippen LogP contribution in [0.3, 0.4) is 0 Å². The van der Waals surface area contributed by atoms with Gasteiger partial charge in [-0.25, -0.2) is 0 Å². The highest BCUT2D eigenvalue weighted by molar-refractivity contribution is 9.10. The van der Waals surface area contributed by atoms with Gasteiger partial charge in [0.15, 0.2) is 0 Å². The molecule has 1 aromatic carbocycles. The summed E-state index contributed by atoms with van der Waals surface area (Å²) < 4.78 is 1.20. The summed E-state index contributed by atoms with van der Waals surface area (Å²) in [6.07, 6.45) is 4.20. The Bertz CT molecular complexity index is 386. The van der Waals surface area contributed by atoms with Crippen LogP contribution in [0.2, 0.25) is 0 Å². The van der Waals surface area contributed by atoms with Crippen molar-refractivity contribution in [3.05, 3.63) is 34.3 Å². The molecule has 0 amide bonds. The third kappa shape index (κ3) is 2.05. The van der Waals surface area contributed by atoms with E-state index in [-0.39, 0.29) is 0 Å². The normalized spacial score (nSPS) is 34.2. The lowest BCUT2D eigenvalue weighted by Gasteiger charge is -2.15. The molecule has 1 aromatic rings. The number of halogens is 1. The highest BCUT2D eigenvalue weighted by Gasteiger charge is 2.40. The van der Waals surface area contributed by atoms with E-state index in [4.69, 9.17) is 0 Å². The van der Waals surface area contributed by atoms with E-state index < -0.39 is 0 Å². The van der Waals surface area contributed by atoms with Crippen LogP contribution in [0, 0.1) is 5.92 Å². The van der Waals surface area contributed by atoms with Gasteiger partial charge in [0, 0.05) is 22.5 Å². The minimum atomic E-state index is 0.625. The van der Waals surface area contributed by atoms with Gasteiger partial charge in [0.1, 0.15) is 0 Å². The molecule has 1 nitrogen and oxygen atoms in total. The van der Waals surface area contributed by atoms with Crippen molar-refractivity contribution in [1.82, 2.24) is 5.32 Å². The third-order valence-electron chi connectivity index (χ3n) is 4.06. The van der Waals surface area contributed by atoms with Crippen LogP contribution in [0.15, 0.2) is 28.7 Å². The fourth-order valence-corrected chi connectivity index (χ4v) is 3.41. The van der Waals surface area contributed by atoms with Gasteiger partial charge < -0.3 is 5.32 Å². The first-order chi connectivity index (χ1) is 7.74. The van der Waals surface area contributed by atoms with Crippen LogP contribution in [-0.4, -0.2) is 12.1 Å². The van der Waals surface area contributed by atoms with Crippen molar-refractivity contribution in [1.29, 1.82) is 0 Å². The van der Waals surface area contributed by atoms with Crippen LogP contribution in [0.5, 0.6) is 0 Å². The van der Waals surface area contributed by atoms with Crippen LogP contribution < -0.4 is 5.32 Å². The fraction of sp³-hybridized carbons (Fsp3) is 0.571. The monoisotopic (exact) mass is 279 g/mol. The zero-order valence-corrected chi connectivity index (χ0v) is 11.2. The molecular formula is C14H18BrN. The first kappa shape index (κ1) is 10.8. The maximum absolute atomic E-state index is 3.77. The van der Waals surface area contributed by atoms with Gasteiger partial charge in [0.25, 0.3) is 0 Å². The van der Waals surface area contributed by atoms with Crippen LogP contribution in [0.4, 0.5) is 0 Å². The average molecular weight is 280 g/mol. The highest BCUT2D eigenvalue weighted by atomic mass is 79.9. The summed E-state index contributed by atoms with van der Waals surface area (Å²) in [5.41, 5.74) is 1.48. The van der Waals surface area contributed by atoms with Gasteiger partial charge in [0.2, 0.25) is 0 Å². The van der Waals surface area contributed by atoms with Gasteiger partial charge in [-0.2, -0.15) is 0 Å². The molecule has 1 aliphatic carbocycles. The molecule has 0 bridgehead atoms. The Morgan fingerprint density at radius 3 is 2.81 bits per heavy atom. The molecule has 3 unspecified atom stereocenters. The van der Waals surface area contributed by atoms with Crippen molar-refractivity contribution in [3.8, 4) is 0 Å². The van der Waals surface area contributed by atoms with Gasteiger partial charge in [-0.15, -0.1) is 0 Å². The summed E-state index contributed by atoms with van der Waals surface area (Å²) in [5.74, 6) is 1.67. The van der Waals surface area contributed by atoms with Crippen molar-refractivity contribution in [2.75, 3.05) is 0 Å². The van der Waals surface area contributed by atoms with E-state index in [9.17, 15) is 0 Å². The van der Waals surface area contributed by atoms with Gasteiger partial charge in [0.05, 0.1) is 0 Å². The number of nitrogens with one attached hydrogen (secondary N) is 1. The topological polar surface area (TPSA) is 12.0 Å². The maximum Gasteiger partial charge on any atom is 0.0178 e. The van der Waals surface area contributed by atoms with E-state index in [1.165, 1.54) is 29.3 Å². The number of benzene rings is 1. The first-order valence-electron chi connectivity index (χ1n) is 6.25. The molecule has 16 heavy (non-hydrogen) atoms. The molecule has 2 aliphatic rings. The van der Waals surface area contributed by atoms with Gasteiger partial charge in [-0.3, -0.25) is 0 Å². The van der Waals surface area contributed by atoms with Crippen LogP contribution in [0.25, 0.3) is 0 Å². The molecular weight excluding hydrogens is 262 g/mol. The second-order valence-electron chi connectivity index (χ2n) is 5.30. The molecule has 1 N–H and O–H groups in total.